The lowest BCUT2D eigenvalue weighted by Crippen LogP contribution is -1.98. The number of halogens is 3. The van der Waals surface area contributed by atoms with Gasteiger partial charge < -0.3 is 10.5 Å². The second-order valence-electron chi connectivity index (χ2n) is 3.86. The molecule has 0 radical (unpaired) electrons. The van der Waals surface area contributed by atoms with E-state index in [1.54, 1.807) is 13.2 Å². The Kier molecular flexibility index (Phi) is 5.60. The van der Waals surface area contributed by atoms with E-state index < -0.39 is 0 Å². The Morgan fingerprint density at radius 3 is 2.53 bits per heavy atom. The second kappa shape index (κ2) is 6.75. The molecule has 0 heterocycles. The van der Waals surface area contributed by atoms with Gasteiger partial charge in [0.1, 0.15) is 11.6 Å². The average molecular weight is 302 g/mol. The van der Waals surface area contributed by atoms with E-state index >= 15 is 0 Å². The molecule has 2 aromatic carbocycles. The SMILES string of the molecule is COc1ccc(CN)cc1-c1cc(F)ccc1Cl.Cl. The van der Waals surface area contributed by atoms with Gasteiger partial charge in [-0.25, -0.2) is 4.39 Å². The van der Waals surface area contributed by atoms with Gasteiger partial charge in [0, 0.05) is 22.7 Å². The van der Waals surface area contributed by atoms with Crippen molar-refractivity contribution in [3.63, 3.8) is 0 Å². The van der Waals surface area contributed by atoms with Crippen LogP contribution in [0.4, 0.5) is 4.39 Å². The zero-order valence-electron chi connectivity index (χ0n) is 10.3. The van der Waals surface area contributed by atoms with Crippen molar-refractivity contribution in [2.45, 2.75) is 6.54 Å². The molecule has 102 valence electrons. The summed E-state index contributed by atoms with van der Waals surface area (Å²) in [7, 11) is 1.56. The summed E-state index contributed by atoms with van der Waals surface area (Å²) in [4.78, 5) is 0. The number of hydrogen-bond acceptors (Lipinski definition) is 2. The van der Waals surface area contributed by atoms with Crippen molar-refractivity contribution < 1.29 is 9.13 Å². The van der Waals surface area contributed by atoms with Gasteiger partial charge in [-0.1, -0.05) is 17.7 Å². The first-order valence-electron chi connectivity index (χ1n) is 5.48. The van der Waals surface area contributed by atoms with Crippen LogP contribution in [0.2, 0.25) is 5.02 Å². The molecule has 5 heteroatoms. The molecule has 2 rings (SSSR count). The van der Waals surface area contributed by atoms with Gasteiger partial charge >= 0.3 is 0 Å². The van der Waals surface area contributed by atoms with E-state index in [-0.39, 0.29) is 18.2 Å². The zero-order valence-corrected chi connectivity index (χ0v) is 11.9. The van der Waals surface area contributed by atoms with Crippen molar-refractivity contribution >= 4 is 24.0 Å². The molecular weight excluding hydrogens is 288 g/mol. The zero-order chi connectivity index (χ0) is 13.1. The lowest BCUT2D eigenvalue weighted by Gasteiger charge is -2.12. The molecule has 2 N–H and O–H groups in total. The largest absolute Gasteiger partial charge is 0.496 e. The molecule has 0 bridgehead atoms. The fourth-order valence-corrected chi connectivity index (χ4v) is 2.02. The smallest absolute Gasteiger partial charge is 0.126 e. The molecular formula is C14H14Cl2FNO. The Hall–Kier alpha value is -1.29. The van der Waals surface area contributed by atoms with Crippen LogP contribution >= 0.6 is 24.0 Å². The van der Waals surface area contributed by atoms with Crippen LogP contribution < -0.4 is 10.5 Å². The van der Waals surface area contributed by atoms with Gasteiger partial charge in [0.2, 0.25) is 0 Å². The Balaban J connectivity index is 0.00000180. The van der Waals surface area contributed by atoms with Crippen molar-refractivity contribution in [1.29, 1.82) is 0 Å². The van der Waals surface area contributed by atoms with Crippen LogP contribution in [0, 0.1) is 5.82 Å². The summed E-state index contributed by atoms with van der Waals surface area (Å²) in [6.07, 6.45) is 0. The third kappa shape index (κ3) is 3.38. The number of methoxy groups -OCH3 is 1. The fourth-order valence-electron chi connectivity index (χ4n) is 1.80. The van der Waals surface area contributed by atoms with Crippen LogP contribution in [-0.4, -0.2) is 7.11 Å². The lowest BCUT2D eigenvalue weighted by atomic mass is 10.0. The van der Waals surface area contributed by atoms with Crippen LogP contribution in [0.5, 0.6) is 5.75 Å². The summed E-state index contributed by atoms with van der Waals surface area (Å²) in [5.41, 5.74) is 7.89. The molecule has 2 nitrogen and oxygen atoms in total. The van der Waals surface area contributed by atoms with Crippen LogP contribution in [-0.2, 0) is 6.54 Å². The van der Waals surface area contributed by atoms with Crippen molar-refractivity contribution in [2.24, 2.45) is 5.73 Å². The first-order chi connectivity index (χ1) is 8.65. The molecule has 0 aliphatic heterocycles. The predicted octanol–water partition coefficient (Wildman–Crippen LogP) is 4.04. The molecule has 2 aromatic rings. The Morgan fingerprint density at radius 2 is 1.89 bits per heavy atom. The van der Waals surface area contributed by atoms with E-state index in [1.165, 1.54) is 18.2 Å². The van der Waals surface area contributed by atoms with Gasteiger partial charge in [0.15, 0.2) is 0 Å². The van der Waals surface area contributed by atoms with E-state index in [1.807, 2.05) is 12.1 Å². The molecule has 0 saturated heterocycles. The van der Waals surface area contributed by atoms with E-state index in [0.717, 1.165) is 11.1 Å². The fraction of sp³-hybridized carbons (Fsp3) is 0.143. The van der Waals surface area contributed by atoms with Crippen molar-refractivity contribution in [2.75, 3.05) is 7.11 Å². The highest BCUT2D eigenvalue weighted by molar-refractivity contribution is 6.33. The maximum atomic E-state index is 13.3. The number of benzene rings is 2. The van der Waals surface area contributed by atoms with Crippen molar-refractivity contribution in [3.8, 4) is 16.9 Å². The highest BCUT2D eigenvalue weighted by atomic mass is 35.5. The molecule has 0 spiro atoms. The standard InChI is InChI=1S/C14H13ClFNO.ClH/c1-18-14-5-2-9(8-17)6-12(14)11-7-10(16)3-4-13(11)15;/h2-7H,8,17H2,1H3;1H. The van der Waals surface area contributed by atoms with Gasteiger partial charge in [-0.05, 0) is 35.9 Å². The molecule has 0 atom stereocenters. The third-order valence-electron chi connectivity index (χ3n) is 2.72. The molecule has 19 heavy (non-hydrogen) atoms. The monoisotopic (exact) mass is 301 g/mol. The van der Waals surface area contributed by atoms with Crippen LogP contribution in [0.15, 0.2) is 36.4 Å². The van der Waals surface area contributed by atoms with Gasteiger partial charge in [-0.15, -0.1) is 12.4 Å². The quantitative estimate of drug-likeness (QED) is 0.929. The summed E-state index contributed by atoms with van der Waals surface area (Å²) >= 11 is 6.10. The number of nitrogens with two attached hydrogens (primary N) is 1. The molecule has 0 saturated carbocycles. The van der Waals surface area contributed by atoms with Crippen molar-refractivity contribution in [1.82, 2.24) is 0 Å². The summed E-state index contributed by atoms with van der Waals surface area (Å²) in [5.74, 6) is 0.300. The highest BCUT2D eigenvalue weighted by Crippen LogP contribution is 2.35. The molecule has 0 amide bonds. The van der Waals surface area contributed by atoms with Crippen LogP contribution in [0.3, 0.4) is 0 Å². The minimum absolute atomic E-state index is 0. The van der Waals surface area contributed by atoms with Gasteiger partial charge in [-0.2, -0.15) is 0 Å². The maximum Gasteiger partial charge on any atom is 0.126 e. The Morgan fingerprint density at radius 1 is 1.16 bits per heavy atom. The molecule has 0 aliphatic rings. The van der Waals surface area contributed by atoms with E-state index in [9.17, 15) is 4.39 Å². The summed E-state index contributed by atoms with van der Waals surface area (Å²) < 4.78 is 18.6. The first kappa shape index (κ1) is 15.8. The molecule has 0 aliphatic carbocycles. The average Bonchev–Trinajstić information content (AvgIpc) is 2.40. The molecule has 0 unspecified atom stereocenters. The van der Waals surface area contributed by atoms with Crippen molar-refractivity contribution in [3.05, 3.63) is 52.8 Å². The van der Waals surface area contributed by atoms with Gasteiger partial charge in [-0.3, -0.25) is 0 Å². The number of rotatable bonds is 3. The highest BCUT2D eigenvalue weighted by Gasteiger charge is 2.11. The van der Waals surface area contributed by atoms with Crippen LogP contribution in [0.1, 0.15) is 5.56 Å². The Labute approximate surface area is 122 Å². The maximum absolute atomic E-state index is 13.3. The summed E-state index contributed by atoms with van der Waals surface area (Å²) in [5, 5.41) is 0.476. The topological polar surface area (TPSA) is 35.2 Å². The number of hydrogen-bond donors (Lipinski definition) is 1. The molecule has 0 fully saturated rings. The van der Waals surface area contributed by atoms with Gasteiger partial charge in [0.05, 0.1) is 7.11 Å². The first-order valence-corrected chi connectivity index (χ1v) is 5.86. The second-order valence-corrected chi connectivity index (χ2v) is 4.27. The number of ether oxygens (including phenoxy) is 1. The van der Waals surface area contributed by atoms with E-state index in [4.69, 9.17) is 22.1 Å². The van der Waals surface area contributed by atoms with Gasteiger partial charge in [0.25, 0.3) is 0 Å². The molecule has 0 aromatic heterocycles. The summed E-state index contributed by atoms with van der Waals surface area (Å²) in [6, 6.07) is 9.78. The lowest BCUT2D eigenvalue weighted by molar-refractivity contribution is 0.416. The van der Waals surface area contributed by atoms with Crippen LogP contribution in [0.25, 0.3) is 11.1 Å². The normalized spacial score (nSPS) is 9.89. The Bertz CT molecular complexity index is 575. The minimum Gasteiger partial charge on any atom is -0.496 e. The minimum atomic E-state index is -0.338. The summed E-state index contributed by atoms with van der Waals surface area (Å²) in [6.45, 7) is 0.407. The predicted molar refractivity (Wildman–Crippen MR) is 78.5 cm³/mol. The third-order valence-corrected chi connectivity index (χ3v) is 3.05. The van der Waals surface area contributed by atoms with E-state index in [0.29, 0.717) is 22.9 Å². The van der Waals surface area contributed by atoms with E-state index in [2.05, 4.69) is 0 Å².